The van der Waals surface area contributed by atoms with Gasteiger partial charge in [-0.05, 0) is 18.2 Å². The lowest BCUT2D eigenvalue weighted by Crippen LogP contribution is -2.11. The average Bonchev–Trinajstić information content (AvgIpc) is 2.03. The van der Waals surface area contributed by atoms with E-state index in [1.165, 1.54) is 6.07 Å². The van der Waals surface area contributed by atoms with E-state index in [4.69, 9.17) is 0 Å². The smallest absolute Gasteiger partial charge is 0.378 e. The summed E-state index contributed by atoms with van der Waals surface area (Å²) in [6.45, 7) is 0. The fourth-order valence-electron chi connectivity index (χ4n) is 0.896. The highest BCUT2D eigenvalue weighted by molar-refractivity contribution is 5.47. The zero-order valence-electron chi connectivity index (χ0n) is 7.31. The Morgan fingerprint density at radius 1 is 1.31 bits per heavy atom. The van der Waals surface area contributed by atoms with Crippen LogP contribution in [-0.2, 0) is 6.18 Å². The standard InChI is InChI=1S/C9H9F3N/c1-13(2)8-5-3-4-7(6-8)9(10,11)12/h3,5-6H,1-2H3. The first-order valence-electron chi connectivity index (χ1n) is 3.67. The second-order valence-electron chi connectivity index (χ2n) is 2.85. The number of alkyl halides is 3. The molecule has 0 heterocycles. The minimum Gasteiger partial charge on any atom is -0.378 e. The number of nitrogens with zero attached hydrogens (tertiary/aromatic N) is 1. The minimum absolute atomic E-state index is 0.520. The van der Waals surface area contributed by atoms with Crippen molar-refractivity contribution in [2.24, 2.45) is 0 Å². The van der Waals surface area contributed by atoms with Crippen molar-refractivity contribution in [3.05, 3.63) is 29.8 Å². The van der Waals surface area contributed by atoms with E-state index >= 15 is 0 Å². The molecule has 0 aliphatic rings. The number of hydrogen-bond donors (Lipinski definition) is 0. The van der Waals surface area contributed by atoms with Crippen molar-refractivity contribution in [3.8, 4) is 0 Å². The molecule has 0 saturated carbocycles. The summed E-state index contributed by atoms with van der Waals surface area (Å²) in [5, 5.41) is 0. The number of rotatable bonds is 1. The SMILES string of the molecule is CN(C)c1cc[c]c(C(F)(F)F)c1. The molecule has 0 unspecified atom stereocenters. The molecule has 1 nitrogen and oxygen atoms in total. The molecule has 1 rings (SSSR count). The lowest BCUT2D eigenvalue weighted by atomic mass is 10.2. The van der Waals surface area contributed by atoms with Crippen LogP contribution in [0.3, 0.4) is 0 Å². The highest BCUT2D eigenvalue weighted by Gasteiger charge is 2.30. The van der Waals surface area contributed by atoms with Gasteiger partial charge in [-0.2, -0.15) is 13.2 Å². The molecule has 0 atom stereocenters. The van der Waals surface area contributed by atoms with E-state index in [-0.39, 0.29) is 0 Å². The Morgan fingerprint density at radius 2 is 1.92 bits per heavy atom. The molecule has 1 aromatic carbocycles. The first kappa shape index (κ1) is 9.89. The van der Waals surface area contributed by atoms with Crippen LogP contribution in [0.2, 0.25) is 0 Å². The van der Waals surface area contributed by atoms with E-state index in [0.717, 1.165) is 6.07 Å². The zero-order chi connectivity index (χ0) is 10.1. The number of anilines is 1. The van der Waals surface area contributed by atoms with E-state index in [2.05, 4.69) is 6.07 Å². The van der Waals surface area contributed by atoms with Gasteiger partial charge >= 0.3 is 6.18 Å². The summed E-state index contributed by atoms with van der Waals surface area (Å²) in [4.78, 5) is 1.61. The van der Waals surface area contributed by atoms with Crippen molar-refractivity contribution in [3.63, 3.8) is 0 Å². The van der Waals surface area contributed by atoms with E-state index in [1.807, 2.05) is 0 Å². The fourth-order valence-corrected chi connectivity index (χ4v) is 0.896. The molecule has 0 amide bonds. The third kappa shape index (κ3) is 2.37. The summed E-state index contributed by atoms with van der Waals surface area (Å²) in [5.41, 5.74) is -0.218. The molecule has 1 aromatic rings. The summed E-state index contributed by atoms with van der Waals surface area (Å²) < 4.78 is 36.5. The van der Waals surface area contributed by atoms with Crippen molar-refractivity contribution in [1.82, 2.24) is 0 Å². The number of hydrogen-bond acceptors (Lipinski definition) is 1. The van der Waals surface area contributed by atoms with Crippen LogP contribution in [0.1, 0.15) is 5.56 Å². The third-order valence-electron chi connectivity index (χ3n) is 1.61. The van der Waals surface area contributed by atoms with Crippen LogP contribution in [-0.4, -0.2) is 14.1 Å². The monoisotopic (exact) mass is 188 g/mol. The first-order chi connectivity index (χ1) is 5.91. The normalized spacial score (nSPS) is 11.5. The first-order valence-corrected chi connectivity index (χ1v) is 3.67. The second kappa shape index (κ2) is 3.28. The fraction of sp³-hybridized carbons (Fsp3) is 0.333. The van der Waals surface area contributed by atoms with Crippen LogP contribution >= 0.6 is 0 Å². The highest BCUT2D eigenvalue weighted by atomic mass is 19.4. The Kier molecular flexibility index (Phi) is 2.50. The summed E-state index contributed by atoms with van der Waals surface area (Å²) in [6.07, 6.45) is -4.31. The van der Waals surface area contributed by atoms with Gasteiger partial charge in [0.25, 0.3) is 0 Å². The average molecular weight is 188 g/mol. The molecule has 0 spiro atoms. The molecular weight excluding hydrogens is 179 g/mol. The molecule has 0 bridgehead atoms. The molecule has 0 fully saturated rings. The minimum atomic E-state index is -4.31. The Labute approximate surface area is 74.8 Å². The molecule has 0 aromatic heterocycles. The van der Waals surface area contributed by atoms with Gasteiger partial charge in [0.2, 0.25) is 0 Å². The Bertz CT molecular complexity index is 291. The summed E-state index contributed by atoms with van der Waals surface area (Å²) in [6, 6.07) is 6.08. The Morgan fingerprint density at radius 3 is 2.38 bits per heavy atom. The molecule has 0 aliphatic heterocycles. The highest BCUT2D eigenvalue weighted by Crippen LogP contribution is 2.30. The van der Waals surface area contributed by atoms with Gasteiger partial charge in [0.15, 0.2) is 0 Å². The van der Waals surface area contributed by atoms with Gasteiger partial charge in [-0.15, -0.1) is 0 Å². The molecule has 1 radical (unpaired) electrons. The summed E-state index contributed by atoms with van der Waals surface area (Å²) in [5.74, 6) is 0. The van der Waals surface area contributed by atoms with Crippen LogP contribution in [0, 0.1) is 6.07 Å². The lowest BCUT2D eigenvalue weighted by molar-refractivity contribution is -0.137. The topological polar surface area (TPSA) is 3.24 Å². The van der Waals surface area contributed by atoms with Gasteiger partial charge in [0.1, 0.15) is 0 Å². The molecule has 0 saturated heterocycles. The van der Waals surface area contributed by atoms with Crippen LogP contribution in [0.5, 0.6) is 0 Å². The van der Waals surface area contributed by atoms with Gasteiger partial charge in [0.05, 0.1) is 5.56 Å². The molecule has 4 heteroatoms. The molecule has 71 valence electrons. The second-order valence-corrected chi connectivity index (χ2v) is 2.85. The van der Waals surface area contributed by atoms with Crippen molar-refractivity contribution in [2.45, 2.75) is 6.18 Å². The third-order valence-corrected chi connectivity index (χ3v) is 1.61. The summed E-state index contributed by atoms with van der Waals surface area (Å²) in [7, 11) is 3.38. The maximum absolute atomic E-state index is 12.2. The van der Waals surface area contributed by atoms with Gasteiger partial charge in [-0.1, -0.05) is 6.07 Å². The van der Waals surface area contributed by atoms with Crippen LogP contribution in [0.25, 0.3) is 0 Å². The molecule has 13 heavy (non-hydrogen) atoms. The zero-order valence-corrected chi connectivity index (χ0v) is 7.31. The van der Waals surface area contributed by atoms with Gasteiger partial charge in [0, 0.05) is 19.8 Å². The van der Waals surface area contributed by atoms with Crippen LogP contribution < -0.4 is 4.90 Å². The van der Waals surface area contributed by atoms with Crippen LogP contribution in [0.4, 0.5) is 18.9 Å². The van der Waals surface area contributed by atoms with Gasteiger partial charge < -0.3 is 4.90 Å². The van der Waals surface area contributed by atoms with Gasteiger partial charge in [-0.3, -0.25) is 0 Å². The Hall–Kier alpha value is -1.19. The molecular formula is C9H9F3N. The Balaban J connectivity index is 3.06. The maximum Gasteiger partial charge on any atom is 0.417 e. The van der Waals surface area contributed by atoms with E-state index in [1.54, 1.807) is 25.1 Å². The van der Waals surface area contributed by atoms with Gasteiger partial charge in [-0.25, -0.2) is 0 Å². The predicted octanol–water partition coefficient (Wildman–Crippen LogP) is 2.57. The molecule has 0 N–H and O–H groups in total. The largest absolute Gasteiger partial charge is 0.417 e. The molecule has 0 aliphatic carbocycles. The van der Waals surface area contributed by atoms with Crippen molar-refractivity contribution in [2.75, 3.05) is 19.0 Å². The maximum atomic E-state index is 12.2. The van der Waals surface area contributed by atoms with E-state index in [9.17, 15) is 13.2 Å². The number of benzene rings is 1. The van der Waals surface area contributed by atoms with Crippen LogP contribution in [0.15, 0.2) is 18.2 Å². The van der Waals surface area contributed by atoms with E-state index < -0.39 is 11.7 Å². The lowest BCUT2D eigenvalue weighted by Gasteiger charge is -2.14. The summed E-state index contributed by atoms with van der Waals surface area (Å²) >= 11 is 0. The number of halogens is 3. The predicted molar refractivity (Wildman–Crippen MR) is 44.6 cm³/mol. The van der Waals surface area contributed by atoms with Crippen molar-refractivity contribution < 1.29 is 13.2 Å². The van der Waals surface area contributed by atoms with E-state index in [0.29, 0.717) is 5.69 Å². The quantitative estimate of drug-likeness (QED) is 0.654. The van der Waals surface area contributed by atoms with Crippen molar-refractivity contribution in [1.29, 1.82) is 0 Å². The van der Waals surface area contributed by atoms with Crippen molar-refractivity contribution >= 4 is 5.69 Å².